The lowest BCUT2D eigenvalue weighted by Gasteiger charge is -2.14. The summed E-state index contributed by atoms with van der Waals surface area (Å²) in [7, 11) is 1.27. The summed E-state index contributed by atoms with van der Waals surface area (Å²) >= 11 is 1.07. The Labute approximate surface area is 162 Å². The van der Waals surface area contributed by atoms with Crippen molar-refractivity contribution in [3.63, 3.8) is 0 Å². The lowest BCUT2D eigenvalue weighted by atomic mass is 10.3. The first-order chi connectivity index (χ1) is 12.9. The monoisotopic (exact) mass is 402 g/mol. The van der Waals surface area contributed by atoms with E-state index in [1.54, 1.807) is 24.3 Å². The fourth-order valence-electron chi connectivity index (χ4n) is 1.71. The average molecular weight is 402 g/mol. The van der Waals surface area contributed by atoms with Crippen molar-refractivity contribution in [2.45, 2.75) is 25.6 Å². The maximum Gasteiger partial charge on any atom is 0.316 e. The third-order valence-corrected chi connectivity index (χ3v) is 4.15. The number of ether oxygens (including phenoxy) is 4. The van der Waals surface area contributed by atoms with Crippen LogP contribution in [0.5, 0.6) is 11.5 Å². The minimum Gasteiger partial charge on any atom is -0.491 e. The number of carbonyl (C=O) groups excluding carboxylic acids is 2. The standard InChI is InChI=1S/C18H26O8S/c1-3-13(19)8-24-15-5-4-6-16(7-15)25-9-14(20)10-26-18(22)12-27-11-17(21)23-2/h4-7,13-14,19-20H,3,8-12H2,1-2H3. The van der Waals surface area contributed by atoms with Crippen LogP contribution in [0.3, 0.4) is 0 Å². The van der Waals surface area contributed by atoms with Gasteiger partial charge in [0, 0.05) is 6.07 Å². The highest BCUT2D eigenvalue weighted by molar-refractivity contribution is 8.00. The van der Waals surface area contributed by atoms with Crippen LogP contribution >= 0.6 is 11.8 Å². The second-order valence-electron chi connectivity index (χ2n) is 5.56. The van der Waals surface area contributed by atoms with E-state index in [9.17, 15) is 19.8 Å². The average Bonchev–Trinajstić information content (AvgIpc) is 2.68. The number of benzene rings is 1. The smallest absolute Gasteiger partial charge is 0.316 e. The van der Waals surface area contributed by atoms with Gasteiger partial charge in [0.05, 0.1) is 24.7 Å². The molecule has 2 atom stereocenters. The number of hydrogen-bond acceptors (Lipinski definition) is 9. The van der Waals surface area contributed by atoms with Crippen LogP contribution in [0, 0.1) is 0 Å². The SMILES string of the molecule is CCC(O)COc1cccc(OCC(O)COC(=O)CSCC(=O)OC)c1. The Balaban J connectivity index is 2.26. The van der Waals surface area contributed by atoms with Gasteiger partial charge in [-0.3, -0.25) is 9.59 Å². The summed E-state index contributed by atoms with van der Waals surface area (Å²) in [6.45, 7) is 1.77. The molecule has 1 aromatic rings. The van der Waals surface area contributed by atoms with Crippen LogP contribution in [0.15, 0.2) is 24.3 Å². The van der Waals surface area contributed by atoms with Gasteiger partial charge in [-0.05, 0) is 18.6 Å². The Bertz CT molecular complexity index is 580. The first-order valence-corrected chi connectivity index (χ1v) is 9.62. The van der Waals surface area contributed by atoms with Gasteiger partial charge in [-0.15, -0.1) is 11.8 Å². The maximum absolute atomic E-state index is 11.5. The van der Waals surface area contributed by atoms with Gasteiger partial charge in [0.25, 0.3) is 0 Å². The highest BCUT2D eigenvalue weighted by Crippen LogP contribution is 2.20. The molecule has 0 heterocycles. The molecule has 0 bridgehead atoms. The van der Waals surface area contributed by atoms with Crippen molar-refractivity contribution in [1.29, 1.82) is 0 Å². The number of thioether (sulfide) groups is 1. The van der Waals surface area contributed by atoms with Crippen molar-refractivity contribution < 1.29 is 38.7 Å². The van der Waals surface area contributed by atoms with Gasteiger partial charge in [0.2, 0.25) is 0 Å². The number of hydrogen-bond donors (Lipinski definition) is 2. The highest BCUT2D eigenvalue weighted by Gasteiger charge is 2.11. The molecule has 0 spiro atoms. The fraction of sp³-hybridized carbons (Fsp3) is 0.556. The molecule has 0 fully saturated rings. The zero-order chi connectivity index (χ0) is 20.1. The Kier molecular flexibility index (Phi) is 11.3. The van der Waals surface area contributed by atoms with Crippen LogP contribution in [-0.2, 0) is 19.1 Å². The van der Waals surface area contributed by atoms with Crippen molar-refractivity contribution in [2.75, 3.05) is 38.4 Å². The molecular formula is C18H26O8S. The van der Waals surface area contributed by atoms with Gasteiger partial charge >= 0.3 is 11.9 Å². The molecule has 8 nitrogen and oxygen atoms in total. The molecule has 1 aromatic carbocycles. The van der Waals surface area contributed by atoms with E-state index in [1.807, 2.05) is 6.92 Å². The van der Waals surface area contributed by atoms with Crippen LogP contribution in [0.4, 0.5) is 0 Å². The first-order valence-electron chi connectivity index (χ1n) is 8.46. The van der Waals surface area contributed by atoms with E-state index in [0.29, 0.717) is 17.9 Å². The Morgan fingerprint density at radius 1 is 1.00 bits per heavy atom. The summed E-state index contributed by atoms with van der Waals surface area (Å²) in [6, 6.07) is 6.81. The Hall–Kier alpha value is -1.97. The van der Waals surface area contributed by atoms with E-state index < -0.39 is 24.1 Å². The molecule has 27 heavy (non-hydrogen) atoms. The largest absolute Gasteiger partial charge is 0.491 e. The van der Waals surface area contributed by atoms with Gasteiger partial charge in [-0.2, -0.15) is 0 Å². The molecule has 0 aliphatic carbocycles. The summed E-state index contributed by atoms with van der Waals surface area (Å²) in [6.07, 6.45) is -0.926. The maximum atomic E-state index is 11.5. The topological polar surface area (TPSA) is 112 Å². The van der Waals surface area contributed by atoms with Gasteiger partial charge in [-0.25, -0.2) is 0 Å². The van der Waals surface area contributed by atoms with Gasteiger partial charge in [-0.1, -0.05) is 13.0 Å². The van der Waals surface area contributed by atoms with E-state index in [0.717, 1.165) is 11.8 Å². The van der Waals surface area contributed by atoms with Crippen LogP contribution in [-0.4, -0.2) is 72.8 Å². The van der Waals surface area contributed by atoms with Gasteiger partial charge in [0.1, 0.15) is 37.4 Å². The molecule has 0 radical (unpaired) electrons. The normalized spacial score (nSPS) is 12.7. The molecule has 0 aliphatic rings. The van der Waals surface area contributed by atoms with Crippen LogP contribution in [0.2, 0.25) is 0 Å². The second kappa shape index (κ2) is 13.2. The molecule has 0 saturated heterocycles. The van der Waals surface area contributed by atoms with Gasteiger partial charge in [0.15, 0.2) is 0 Å². The van der Waals surface area contributed by atoms with E-state index >= 15 is 0 Å². The van der Waals surface area contributed by atoms with E-state index in [4.69, 9.17) is 14.2 Å². The van der Waals surface area contributed by atoms with Crippen molar-refractivity contribution in [3.05, 3.63) is 24.3 Å². The molecule has 0 amide bonds. The number of aliphatic hydroxyl groups excluding tert-OH is 2. The van der Waals surface area contributed by atoms with E-state index in [1.165, 1.54) is 7.11 Å². The summed E-state index contributed by atoms with van der Waals surface area (Å²) in [5.41, 5.74) is 0. The molecule has 1 rings (SSSR count). The molecule has 152 valence electrons. The van der Waals surface area contributed by atoms with Crippen LogP contribution in [0.1, 0.15) is 13.3 Å². The Morgan fingerprint density at radius 2 is 1.59 bits per heavy atom. The van der Waals surface area contributed by atoms with Crippen molar-refractivity contribution in [3.8, 4) is 11.5 Å². The quantitative estimate of drug-likeness (QED) is 0.467. The minimum atomic E-state index is -0.994. The molecule has 0 saturated carbocycles. The number of aliphatic hydroxyl groups is 2. The molecule has 0 aromatic heterocycles. The van der Waals surface area contributed by atoms with Crippen molar-refractivity contribution in [1.82, 2.24) is 0 Å². The molecular weight excluding hydrogens is 376 g/mol. The predicted octanol–water partition coefficient (Wildman–Crippen LogP) is 1.03. The number of carbonyl (C=O) groups is 2. The van der Waals surface area contributed by atoms with Gasteiger partial charge < -0.3 is 29.2 Å². The zero-order valence-electron chi connectivity index (χ0n) is 15.5. The number of rotatable bonds is 13. The summed E-state index contributed by atoms with van der Waals surface area (Å²) in [5.74, 6) is 0.127. The Morgan fingerprint density at radius 3 is 2.19 bits per heavy atom. The molecule has 0 aliphatic heterocycles. The van der Waals surface area contributed by atoms with Crippen LogP contribution < -0.4 is 9.47 Å². The molecule has 2 unspecified atom stereocenters. The minimum absolute atomic E-state index is 0.00826. The second-order valence-corrected chi connectivity index (χ2v) is 6.55. The third kappa shape index (κ3) is 10.7. The van der Waals surface area contributed by atoms with Crippen molar-refractivity contribution in [2.24, 2.45) is 0 Å². The predicted molar refractivity (Wildman–Crippen MR) is 100 cm³/mol. The van der Waals surface area contributed by atoms with Crippen molar-refractivity contribution >= 4 is 23.7 Å². The third-order valence-electron chi connectivity index (χ3n) is 3.27. The summed E-state index contributed by atoms with van der Waals surface area (Å²) in [5, 5.41) is 19.3. The lowest BCUT2D eigenvalue weighted by molar-refractivity contribution is -0.143. The number of methoxy groups -OCH3 is 1. The summed E-state index contributed by atoms with van der Waals surface area (Å²) in [4.78, 5) is 22.4. The molecule has 2 N–H and O–H groups in total. The van der Waals surface area contributed by atoms with Crippen LogP contribution in [0.25, 0.3) is 0 Å². The number of esters is 2. The van der Waals surface area contributed by atoms with E-state index in [-0.39, 0.29) is 31.3 Å². The zero-order valence-corrected chi connectivity index (χ0v) is 16.3. The highest BCUT2D eigenvalue weighted by atomic mass is 32.2. The molecule has 9 heteroatoms. The fourth-order valence-corrected chi connectivity index (χ4v) is 2.35. The lowest BCUT2D eigenvalue weighted by Crippen LogP contribution is -2.26. The summed E-state index contributed by atoms with van der Waals surface area (Å²) < 4.78 is 20.3. The first kappa shape index (κ1) is 23.1. The van der Waals surface area contributed by atoms with E-state index in [2.05, 4.69) is 4.74 Å².